The topological polar surface area (TPSA) is 40.6 Å². The number of amides is 2. The number of halogens is 1. The summed E-state index contributed by atoms with van der Waals surface area (Å²) in [4.78, 5) is 29.0. The molecule has 3 rings (SSSR count). The Hall–Kier alpha value is -1.91. The highest BCUT2D eigenvalue weighted by molar-refractivity contribution is 5.94. The summed E-state index contributed by atoms with van der Waals surface area (Å²) in [5.74, 6) is 0.565. The van der Waals surface area contributed by atoms with Crippen molar-refractivity contribution in [2.45, 2.75) is 33.1 Å². The van der Waals surface area contributed by atoms with E-state index in [-0.39, 0.29) is 23.3 Å². The van der Waals surface area contributed by atoms with Gasteiger partial charge >= 0.3 is 0 Å². The van der Waals surface area contributed by atoms with E-state index in [0.29, 0.717) is 37.8 Å². The van der Waals surface area contributed by atoms with Gasteiger partial charge < -0.3 is 9.80 Å². The summed E-state index contributed by atoms with van der Waals surface area (Å²) in [6.45, 7) is 7.12. The largest absolute Gasteiger partial charge is 0.342 e. The minimum Gasteiger partial charge on any atom is -0.342 e. The zero-order chi connectivity index (χ0) is 18.0. The molecule has 0 N–H and O–H groups in total. The Bertz CT molecular complexity index is 630. The zero-order valence-electron chi connectivity index (χ0n) is 15.1. The second kappa shape index (κ2) is 7.54. The van der Waals surface area contributed by atoms with E-state index in [1.54, 1.807) is 17.0 Å². The minimum atomic E-state index is -0.484. The van der Waals surface area contributed by atoms with Crippen molar-refractivity contribution in [1.29, 1.82) is 0 Å². The highest BCUT2D eigenvalue weighted by atomic mass is 19.1. The van der Waals surface area contributed by atoms with Crippen LogP contribution in [0.2, 0.25) is 0 Å². The van der Waals surface area contributed by atoms with Crippen LogP contribution in [0.4, 0.5) is 4.39 Å². The van der Waals surface area contributed by atoms with E-state index in [1.807, 2.05) is 4.90 Å². The lowest BCUT2D eigenvalue weighted by atomic mass is 9.89. The molecular formula is C20H27FN2O2. The summed E-state index contributed by atoms with van der Waals surface area (Å²) in [7, 11) is 0. The molecule has 2 aliphatic heterocycles. The maximum atomic E-state index is 13.8. The zero-order valence-corrected chi connectivity index (χ0v) is 15.1. The first-order valence-corrected chi connectivity index (χ1v) is 9.28. The smallest absolute Gasteiger partial charge is 0.256 e. The van der Waals surface area contributed by atoms with Crippen molar-refractivity contribution < 1.29 is 14.0 Å². The van der Waals surface area contributed by atoms with Crippen LogP contribution in [-0.4, -0.2) is 47.8 Å². The van der Waals surface area contributed by atoms with E-state index in [2.05, 4.69) is 13.8 Å². The van der Waals surface area contributed by atoms with Crippen LogP contribution in [-0.2, 0) is 4.79 Å². The summed E-state index contributed by atoms with van der Waals surface area (Å²) in [5.41, 5.74) is 0.117. The van der Waals surface area contributed by atoms with Crippen molar-refractivity contribution in [3.63, 3.8) is 0 Å². The van der Waals surface area contributed by atoms with Gasteiger partial charge in [0.1, 0.15) is 5.82 Å². The molecule has 0 bridgehead atoms. The maximum Gasteiger partial charge on any atom is 0.256 e. The van der Waals surface area contributed by atoms with E-state index in [4.69, 9.17) is 0 Å². The number of hydrogen-bond donors (Lipinski definition) is 0. The number of carbonyl (C=O) groups excluding carboxylic acids is 2. The van der Waals surface area contributed by atoms with Gasteiger partial charge in [0.25, 0.3) is 5.91 Å². The van der Waals surface area contributed by atoms with Gasteiger partial charge in [-0.15, -0.1) is 0 Å². The molecule has 2 aliphatic rings. The predicted octanol–water partition coefficient (Wildman–Crippen LogP) is 3.18. The van der Waals surface area contributed by atoms with Gasteiger partial charge in [0.2, 0.25) is 5.91 Å². The molecule has 2 amide bonds. The Labute approximate surface area is 149 Å². The van der Waals surface area contributed by atoms with Crippen LogP contribution in [0.15, 0.2) is 24.3 Å². The van der Waals surface area contributed by atoms with Crippen LogP contribution in [0, 0.1) is 23.6 Å². The summed E-state index contributed by atoms with van der Waals surface area (Å²) in [5, 5.41) is 0. The van der Waals surface area contributed by atoms with Crippen LogP contribution in [0.25, 0.3) is 0 Å². The number of benzene rings is 1. The first-order valence-electron chi connectivity index (χ1n) is 9.28. The molecule has 0 aliphatic carbocycles. The van der Waals surface area contributed by atoms with E-state index >= 15 is 0 Å². The van der Waals surface area contributed by atoms with E-state index in [9.17, 15) is 14.0 Å². The summed E-state index contributed by atoms with van der Waals surface area (Å²) in [6, 6.07) is 6.08. The summed E-state index contributed by atoms with van der Waals surface area (Å²) in [6.07, 6.45) is 2.51. The number of piperidine rings is 2. The van der Waals surface area contributed by atoms with Gasteiger partial charge in [-0.05, 0) is 43.2 Å². The predicted molar refractivity (Wildman–Crippen MR) is 94.6 cm³/mol. The van der Waals surface area contributed by atoms with Crippen molar-refractivity contribution in [2.75, 3.05) is 26.2 Å². The van der Waals surface area contributed by atoms with Gasteiger partial charge in [0, 0.05) is 32.1 Å². The molecule has 1 aromatic carbocycles. The van der Waals surface area contributed by atoms with Gasteiger partial charge in [0.15, 0.2) is 0 Å². The van der Waals surface area contributed by atoms with Crippen molar-refractivity contribution in [3.05, 3.63) is 35.6 Å². The maximum absolute atomic E-state index is 13.8. The molecule has 25 heavy (non-hydrogen) atoms. The van der Waals surface area contributed by atoms with E-state index < -0.39 is 5.82 Å². The van der Waals surface area contributed by atoms with Gasteiger partial charge in [-0.25, -0.2) is 4.39 Å². The van der Waals surface area contributed by atoms with Crippen molar-refractivity contribution in [3.8, 4) is 0 Å². The van der Waals surface area contributed by atoms with Crippen LogP contribution in [0.3, 0.4) is 0 Å². The third-order valence-corrected chi connectivity index (χ3v) is 5.42. The molecule has 0 radical (unpaired) electrons. The second-order valence-corrected chi connectivity index (χ2v) is 7.74. The molecule has 2 heterocycles. The normalized spacial score (nSPS) is 25.1. The van der Waals surface area contributed by atoms with Crippen LogP contribution < -0.4 is 0 Å². The molecular weight excluding hydrogens is 319 g/mol. The van der Waals surface area contributed by atoms with E-state index in [0.717, 1.165) is 13.1 Å². The van der Waals surface area contributed by atoms with Crippen LogP contribution >= 0.6 is 0 Å². The molecule has 4 nitrogen and oxygen atoms in total. The first-order chi connectivity index (χ1) is 12.0. The standard InChI is InChI=1S/C20H27FN2O2/c1-14-11-15(2)13-23(12-14)19(24)16-7-9-22(10-8-16)20(25)17-5-3-4-6-18(17)21/h3-6,14-16H,7-13H2,1-2H3/t14-,15-/m1/s1. The molecule has 0 aromatic heterocycles. The lowest BCUT2D eigenvalue weighted by molar-refractivity contribution is -0.139. The Morgan fingerprint density at radius 2 is 1.60 bits per heavy atom. The molecule has 0 unspecified atom stereocenters. The second-order valence-electron chi connectivity index (χ2n) is 7.74. The Balaban J connectivity index is 1.57. The Morgan fingerprint density at radius 1 is 1.00 bits per heavy atom. The van der Waals surface area contributed by atoms with E-state index in [1.165, 1.54) is 18.6 Å². The number of hydrogen-bond acceptors (Lipinski definition) is 2. The number of rotatable bonds is 2. The highest BCUT2D eigenvalue weighted by Crippen LogP contribution is 2.26. The molecule has 2 saturated heterocycles. The van der Waals surface area contributed by atoms with Crippen molar-refractivity contribution in [1.82, 2.24) is 9.80 Å². The Morgan fingerprint density at radius 3 is 2.20 bits per heavy atom. The Kier molecular flexibility index (Phi) is 5.40. The molecule has 5 heteroatoms. The minimum absolute atomic E-state index is 0.0119. The average molecular weight is 346 g/mol. The van der Waals surface area contributed by atoms with Gasteiger partial charge in [-0.1, -0.05) is 26.0 Å². The summed E-state index contributed by atoms with van der Waals surface area (Å²) < 4.78 is 13.8. The van der Waals surface area contributed by atoms with Crippen molar-refractivity contribution >= 4 is 11.8 Å². The van der Waals surface area contributed by atoms with Crippen LogP contribution in [0.1, 0.15) is 43.5 Å². The monoisotopic (exact) mass is 346 g/mol. The molecule has 1 aromatic rings. The van der Waals surface area contributed by atoms with Crippen LogP contribution in [0.5, 0.6) is 0 Å². The molecule has 0 saturated carbocycles. The molecule has 2 fully saturated rings. The fourth-order valence-corrected chi connectivity index (χ4v) is 4.24. The third-order valence-electron chi connectivity index (χ3n) is 5.42. The summed E-state index contributed by atoms with van der Waals surface area (Å²) >= 11 is 0. The number of carbonyl (C=O) groups is 2. The number of nitrogens with zero attached hydrogens (tertiary/aromatic N) is 2. The lowest BCUT2D eigenvalue weighted by Gasteiger charge is -2.39. The van der Waals surface area contributed by atoms with Gasteiger partial charge in [-0.2, -0.15) is 0 Å². The van der Waals surface area contributed by atoms with Crippen molar-refractivity contribution in [2.24, 2.45) is 17.8 Å². The van der Waals surface area contributed by atoms with Gasteiger partial charge in [-0.3, -0.25) is 9.59 Å². The average Bonchev–Trinajstić information content (AvgIpc) is 2.60. The van der Waals surface area contributed by atoms with Gasteiger partial charge in [0.05, 0.1) is 5.56 Å². The highest BCUT2D eigenvalue weighted by Gasteiger charge is 2.33. The first kappa shape index (κ1) is 17.9. The molecule has 2 atom stereocenters. The SMILES string of the molecule is C[C@@H]1C[C@@H](C)CN(C(=O)C2CCN(C(=O)c3ccccc3F)CC2)C1. The molecule has 136 valence electrons. The number of likely N-dealkylation sites (tertiary alicyclic amines) is 2. The third kappa shape index (κ3) is 4.02. The lowest BCUT2D eigenvalue weighted by Crippen LogP contribution is -2.48. The fourth-order valence-electron chi connectivity index (χ4n) is 4.24. The quantitative estimate of drug-likeness (QED) is 0.825. The fraction of sp³-hybridized carbons (Fsp3) is 0.600. The molecule has 0 spiro atoms.